The van der Waals surface area contributed by atoms with Gasteiger partial charge in [0.1, 0.15) is 4.90 Å². The van der Waals surface area contributed by atoms with E-state index in [1.807, 2.05) is 0 Å². The Morgan fingerprint density at radius 1 is 1.12 bits per heavy atom. The highest BCUT2D eigenvalue weighted by atomic mass is 35.5. The first-order valence-corrected chi connectivity index (χ1v) is 10.8. The van der Waals surface area contributed by atoms with Crippen LogP contribution in [0.25, 0.3) is 0 Å². The summed E-state index contributed by atoms with van der Waals surface area (Å²) in [5, 5.41) is 25.0. The summed E-state index contributed by atoms with van der Waals surface area (Å²) < 4.78 is 33.3. The molecule has 0 fully saturated rings. The Hall–Kier alpha value is -3.83. The van der Waals surface area contributed by atoms with Crippen LogP contribution in [-0.2, 0) is 10.0 Å². The monoisotopic (exact) mass is 476 g/mol. The molecule has 0 unspecified atom stereocenters. The summed E-state index contributed by atoms with van der Waals surface area (Å²) in [6.45, 7) is 0. The number of anilines is 2. The topological polar surface area (TPSA) is 143 Å². The third-order valence-electron chi connectivity index (χ3n) is 4.19. The maximum absolute atomic E-state index is 13.0. The van der Waals surface area contributed by atoms with Gasteiger partial charge in [-0.05, 0) is 42.0 Å². The average molecular weight is 477 g/mol. The van der Waals surface area contributed by atoms with Gasteiger partial charge in [-0.3, -0.25) is 20.3 Å². The molecule has 32 heavy (non-hydrogen) atoms. The van der Waals surface area contributed by atoms with Gasteiger partial charge in [0.2, 0.25) is 0 Å². The summed E-state index contributed by atoms with van der Waals surface area (Å²) in [6.07, 6.45) is 1.36. The van der Waals surface area contributed by atoms with Crippen LogP contribution in [0.1, 0.15) is 5.56 Å². The zero-order valence-corrected chi connectivity index (χ0v) is 18.1. The number of hydrogen-bond acceptors (Lipinski definition) is 8. The van der Waals surface area contributed by atoms with Gasteiger partial charge in [-0.1, -0.05) is 23.7 Å². The number of aromatic hydroxyl groups is 1. The Balaban J connectivity index is 1.94. The summed E-state index contributed by atoms with van der Waals surface area (Å²) in [6, 6.07) is 14.0. The molecule has 3 rings (SSSR count). The Kier molecular flexibility index (Phi) is 6.81. The lowest BCUT2D eigenvalue weighted by atomic mass is 10.2. The van der Waals surface area contributed by atoms with Crippen LogP contribution in [0, 0.1) is 10.1 Å². The average Bonchev–Trinajstić information content (AvgIpc) is 2.76. The summed E-state index contributed by atoms with van der Waals surface area (Å²) in [7, 11) is -2.87. The number of phenolic OH excluding ortho intramolecular Hbond substituents is 1. The van der Waals surface area contributed by atoms with E-state index in [4.69, 9.17) is 16.3 Å². The van der Waals surface area contributed by atoms with Crippen molar-refractivity contribution in [3.8, 4) is 11.5 Å². The minimum atomic E-state index is -4.26. The number of non-ortho nitro benzene ring substituents is 1. The van der Waals surface area contributed by atoms with Gasteiger partial charge in [0.25, 0.3) is 15.7 Å². The molecule has 0 aliphatic rings. The van der Waals surface area contributed by atoms with Gasteiger partial charge in [0.05, 0.1) is 34.6 Å². The first kappa shape index (κ1) is 22.8. The van der Waals surface area contributed by atoms with Crippen LogP contribution in [0.4, 0.5) is 17.1 Å². The van der Waals surface area contributed by atoms with Gasteiger partial charge >= 0.3 is 0 Å². The number of phenols is 1. The van der Waals surface area contributed by atoms with Crippen molar-refractivity contribution in [1.82, 2.24) is 0 Å². The molecular formula is C20H17ClN4O6S. The molecule has 0 atom stereocenters. The highest BCUT2D eigenvalue weighted by Gasteiger charge is 2.23. The van der Waals surface area contributed by atoms with Crippen LogP contribution in [0.2, 0.25) is 5.02 Å². The van der Waals surface area contributed by atoms with Crippen molar-refractivity contribution in [3.63, 3.8) is 0 Å². The van der Waals surface area contributed by atoms with Crippen LogP contribution in [0.15, 0.2) is 70.7 Å². The summed E-state index contributed by atoms with van der Waals surface area (Å²) in [4.78, 5) is 10.1. The summed E-state index contributed by atoms with van der Waals surface area (Å²) in [5.74, 6) is 0.184. The minimum absolute atomic E-state index is 0.00264. The van der Waals surface area contributed by atoms with Gasteiger partial charge in [-0.15, -0.1) is 0 Å². The summed E-state index contributed by atoms with van der Waals surface area (Å²) >= 11 is 6.02. The van der Waals surface area contributed by atoms with Gasteiger partial charge in [0.15, 0.2) is 11.5 Å². The maximum Gasteiger partial charge on any atom is 0.270 e. The molecule has 10 nitrogen and oxygen atoms in total. The van der Waals surface area contributed by atoms with Gasteiger partial charge in [-0.2, -0.15) is 5.10 Å². The van der Waals surface area contributed by atoms with Crippen molar-refractivity contribution in [2.24, 2.45) is 5.10 Å². The number of nitro benzene ring substituents is 1. The first-order valence-electron chi connectivity index (χ1n) is 8.93. The number of sulfonamides is 1. The minimum Gasteiger partial charge on any atom is -0.504 e. The second kappa shape index (κ2) is 9.54. The van der Waals surface area contributed by atoms with Crippen LogP contribution in [0.5, 0.6) is 11.5 Å². The number of benzene rings is 3. The van der Waals surface area contributed by atoms with Crippen LogP contribution >= 0.6 is 11.6 Å². The number of nitrogens with zero attached hydrogens (tertiary/aromatic N) is 2. The zero-order valence-electron chi connectivity index (χ0n) is 16.5. The fraction of sp³-hybridized carbons (Fsp3) is 0.0500. The lowest BCUT2D eigenvalue weighted by molar-refractivity contribution is -0.385. The van der Waals surface area contributed by atoms with E-state index < -0.39 is 25.5 Å². The standard InChI is InChI=1S/C20H17ClN4O6S/c1-31-19-10-13(6-9-18(19)26)12-22-23-17-8-7-14(25(27)28)11-20(17)32(29,30)24-16-5-3-2-4-15(16)21/h2-12,23-24,26H,1H3. The number of nitro groups is 1. The largest absolute Gasteiger partial charge is 0.504 e. The molecule has 0 radical (unpaired) electrons. The molecule has 3 N–H and O–H groups in total. The number of methoxy groups -OCH3 is 1. The lowest BCUT2D eigenvalue weighted by Crippen LogP contribution is -2.15. The second-order valence-electron chi connectivity index (χ2n) is 6.32. The van der Waals surface area contributed by atoms with E-state index in [0.29, 0.717) is 5.56 Å². The Morgan fingerprint density at radius 2 is 1.88 bits per heavy atom. The van der Waals surface area contributed by atoms with Crippen molar-refractivity contribution in [2.45, 2.75) is 4.90 Å². The molecule has 0 heterocycles. The van der Waals surface area contributed by atoms with Crippen molar-refractivity contribution in [1.29, 1.82) is 0 Å². The van der Waals surface area contributed by atoms with Crippen molar-refractivity contribution in [2.75, 3.05) is 17.3 Å². The molecule has 12 heteroatoms. The maximum atomic E-state index is 13.0. The molecule has 0 saturated heterocycles. The van der Waals surface area contributed by atoms with Crippen LogP contribution in [-0.4, -0.2) is 31.8 Å². The van der Waals surface area contributed by atoms with E-state index in [1.54, 1.807) is 18.2 Å². The molecule has 0 bridgehead atoms. The smallest absolute Gasteiger partial charge is 0.270 e. The molecule has 0 spiro atoms. The molecule has 0 saturated carbocycles. The van der Waals surface area contributed by atoms with Crippen molar-refractivity contribution >= 4 is 44.9 Å². The number of halogens is 1. The van der Waals surface area contributed by atoms with Crippen LogP contribution < -0.4 is 14.9 Å². The van der Waals surface area contributed by atoms with E-state index >= 15 is 0 Å². The van der Waals surface area contributed by atoms with E-state index in [1.165, 1.54) is 43.7 Å². The number of para-hydroxylation sites is 1. The van der Waals surface area contributed by atoms with Crippen LogP contribution in [0.3, 0.4) is 0 Å². The molecule has 0 aromatic heterocycles. The van der Waals surface area contributed by atoms with Gasteiger partial charge in [0, 0.05) is 12.1 Å². The Morgan fingerprint density at radius 3 is 2.56 bits per heavy atom. The number of ether oxygens (including phenoxy) is 1. The highest BCUT2D eigenvalue weighted by molar-refractivity contribution is 7.93. The van der Waals surface area contributed by atoms with Crippen molar-refractivity contribution in [3.05, 3.63) is 81.4 Å². The predicted molar refractivity (Wildman–Crippen MR) is 121 cm³/mol. The predicted octanol–water partition coefficient (Wildman–Crippen LogP) is 4.21. The number of rotatable bonds is 8. The van der Waals surface area contributed by atoms with Crippen molar-refractivity contribution < 1.29 is 23.2 Å². The summed E-state index contributed by atoms with van der Waals surface area (Å²) in [5.41, 5.74) is 2.83. The van der Waals surface area contributed by atoms with E-state index in [0.717, 1.165) is 12.1 Å². The fourth-order valence-electron chi connectivity index (χ4n) is 2.63. The van der Waals surface area contributed by atoms with E-state index in [-0.39, 0.29) is 27.9 Å². The van der Waals surface area contributed by atoms with E-state index in [9.17, 15) is 23.6 Å². The SMILES string of the molecule is COc1cc(C=NNc2ccc([N+](=O)[O-])cc2S(=O)(=O)Nc2ccccc2Cl)ccc1O. The lowest BCUT2D eigenvalue weighted by Gasteiger charge is -2.13. The first-order chi connectivity index (χ1) is 15.2. The highest BCUT2D eigenvalue weighted by Crippen LogP contribution is 2.30. The molecular weight excluding hydrogens is 460 g/mol. The third-order valence-corrected chi connectivity index (χ3v) is 5.92. The van der Waals surface area contributed by atoms with Gasteiger partial charge < -0.3 is 9.84 Å². The molecule has 3 aromatic carbocycles. The molecule has 166 valence electrons. The fourth-order valence-corrected chi connectivity index (χ4v) is 4.13. The third kappa shape index (κ3) is 5.25. The molecule has 0 amide bonds. The molecule has 0 aliphatic carbocycles. The Labute approximate surface area is 188 Å². The molecule has 0 aliphatic heterocycles. The van der Waals surface area contributed by atoms with Gasteiger partial charge in [-0.25, -0.2) is 8.42 Å². The quantitative estimate of drug-likeness (QED) is 0.251. The zero-order chi connectivity index (χ0) is 23.3. The normalized spacial score (nSPS) is 11.3. The number of nitrogens with one attached hydrogen (secondary N) is 2. The molecule has 3 aromatic rings. The number of hydrogen-bond donors (Lipinski definition) is 3. The number of hydrazone groups is 1. The Bertz CT molecular complexity index is 1300. The second-order valence-corrected chi connectivity index (χ2v) is 8.38. The van der Waals surface area contributed by atoms with E-state index in [2.05, 4.69) is 15.2 Å².